The van der Waals surface area contributed by atoms with E-state index in [1.165, 1.54) is 0 Å². The molecule has 88 valence electrons. The smallest absolute Gasteiger partial charge is 0.222 e. The summed E-state index contributed by atoms with van der Waals surface area (Å²) in [6.07, 6.45) is 4.02. The molecule has 1 heterocycles. The summed E-state index contributed by atoms with van der Waals surface area (Å²) in [5.41, 5.74) is 0. The highest BCUT2D eigenvalue weighted by Gasteiger charge is 2.16. The van der Waals surface area contributed by atoms with Crippen LogP contribution in [0.3, 0.4) is 0 Å². The molecule has 0 radical (unpaired) electrons. The molecule has 0 aromatic rings. The summed E-state index contributed by atoms with van der Waals surface area (Å²) < 4.78 is 5.30. The predicted molar refractivity (Wildman–Crippen MR) is 60.7 cm³/mol. The Hall–Kier alpha value is -0.570. The van der Waals surface area contributed by atoms with E-state index in [9.17, 15) is 4.79 Å². The molecular formula is C12H23NO2. The molecule has 1 aliphatic heterocycles. The summed E-state index contributed by atoms with van der Waals surface area (Å²) in [6.45, 7) is 7.51. The largest absolute Gasteiger partial charge is 0.381 e. The molecule has 0 unspecified atom stereocenters. The second-order valence-electron chi connectivity index (χ2n) is 4.16. The van der Waals surface area contributed by atoms with Gasteiger partial charge in [0.25, 0.3) is 0 Å². The van der Waals surface area contributed by atoms with Crippen molar-refractivity contribution < 1.29 is 9.53 Å². The molecule has 1 saturated heterocycles. The number of carbonyl (C=O) groups excluding carboxylic acids is 1. The van der Waals surface area contributed by atoms with Crippen LogP contribution in [0.1, 0.15) is 39.5 Å². The van der Waals surface area contributed by atoms with Crippen LogP contribution in [0.2, 0.25) is 0 Å². The maximum absolute atomic E-state index is 11.7. The Kier molecular flexibility index (Phi) is 5.69. The zero-order valence-corrected chi connectivity index (χ0v) is 10.00. The van der Waals surface area contributed by atoms with E-state index in [4.69, 9.17) is 4.74 Å². The van der Waals surface area contributed by atoms with Crippen molar-refractivity contribution in [2.24, 2.45) is 5.92 Å². The molecule has 0 atom stereocenters. The number of rotatable bonds is 5. The Morgan fingerprint density at radius 3 is 2.40 bits per heavy atom. The van der Waals surface area contributed by atoms with Gasteiger partial charge in [-0.2, -0.15) is 0 Å². The standard InChI is InChI=1S/C12H23NO2/c1-3-13(4-2)12(14)6-5-11-7-9-15-10-8-11/h11H,3-10H2,1-2H3. The first kappa shape index (κ1) is 12.5. The number of hydrogen-bond acceptors (Lipinski definition) is 2. The zero-order chi connectivity index (χ0) is 11.1. The van der Waals surface area contributed by atoms with E-state index < -0.39 is 0 Å². The van der Waals surface area contributed by atoms with E-state index in [1.54, 1.807) is 0 Å². The highest BCUT2D eigenvalue weighted by Crippen LogP contribution is 2.20. The first-order valence-electron chi connectivity index (χ1n) is 6.13. The van der Waals surface area contributed by atoms with Crippen molar-refractivity contribution in [1.29, 1.82) is 0 Å². The van der Waals surface area contributed by atoms with Gasteiger partial charge in [0.2, 0.25) is 5.91 Å². The van der Waals surface area contributed by atoms with Crippen molar-refractivity contribution in [3.8, 4) is 0 Å². The van der Waals surface area contributed by atoms with Gasteiger partial charge in [0.15, 0.2) is 0 Å². The zero-order valence-electron chi connectivity index (χ0n) is 10.00. The second-order valence-corrected chi connectivity index (χ2v) is 4.16. The van der Waals surface area contributed by atoms with Crippen LogP contribution in [0.5, 0.6) is 0 Å². The van der Waals surface area contributed by atoms with Crippen LogP contribution < -0.4 is 0 Å². The molecule has 0 bridgehead atoms. The third-order valence-corrected chi connectivity index (χ3v) is 3.22. The number of carbonyl (C=O) groups is 1. The molecule has 3 heteroatoms. The van der Waals surface area contributed by atoms with Gasteiger partial charge in [0.1, 0.15) is 0 Å². The molecule has 3 nitrogen and oxygen atoms in total. The SMILES string of the molecule is CCN(CC)C(=O)CCC1CCOCC1. The van der Waals surface area contributed by atoms with Crippen molar-refractivity contribution in [2.75, 3.05) is 26.3 Å². The van der Waals surface area contributed by atoms with E-state index in [-0.39, 0.29) is 0 Å². The summed E-state index contributed by atoms with van der Waals surface area (Å²) in [6, 6.07) is 0. The summed E-state index contributed by atoms with van der Waals surface area (Å²) in [5.74, 6) is 1.02. The monoisotopic (exact) mass is 213 g/mol. The van der Waals surface area contributed by atoms with Gasteiger partial charge in [-0.1, -0.05) is 0 Å². The van der Waals surface area contributed by atoms with Gasteiger partial charge in [0, 0.05) is 32.7 Å². The lowest BCUT2D eigenvalue weighted by molar-refractivity contribution is -0.131. The molecule has 0 spiro atoms. The molecule has 0 aromatic heterocycles. The summed E-state index contributed by atoms with van der Waals surface area (Å²) in [7, 11) is 0. The molecule has 1 amide bonds. The van der Waals surface area contributed by atoms with Gasteiger partial charge in [-0.3, -0.25) is 4.79 Å². The number of hydrogen-bond donors (Lipinski definition) is 0. The van der Waals surface area contributed by atoms with Crippen LogP contribution >= 0.6 is 0 Å². The Morgan fingerprint density at radius 2 is 1.87 bits per heavy atom. The van der Waals surface area contributed by atoms with Gasteiger partial charge in [0.05, 0.1) is 0 Å². The van der Waals surface area contributed by atoms with Crippen molar-refractivity contribution in [2.45, 2.75) is 39.5 Å². The van der Waals surface area contributed by atoms with Crippen molar-refractivity contribution >= 4 is 5.91 Å². The van der Waals surface area contributed by atoms with Crippen LogP contribution in [0, 0.1) is 5.92 Å². The van der Waals surface area contributed by atoms with Gasteiger partial charge < -0.3 is 9.64 Å². The van der Waals surface area contributed by atoms with E-state index in [0.29, 0.717) is 18.2 Å². The fraction of sp³-hybridized carbons (Fsp3) is 0.917. The average molecular weight is 213 g/mol. The minimum atomic E-state index is 0.312. The van der Waals surface area contributed by atoms with Gasteiger partial charge >= 0.3 is 0 Å². The molecule has 1 fully saturated rings. The number of ether oxygens (including phenoxy) is 1. The molecule has 1 rings (SSSR count). The minimum Gasteiger partial charge on any atom is -0.381 e. The fourth-order valence-electron chi connectivity index (χ4n) is 2.10. The summed E-state index contributed by atoms with van der Waals surface area (Å²) >= 11 is 0. The Labute approximate surface area is 92.8 Å². The molecule has 0 aliphatic carbocycles. The lowest BCUT2D eigenvalue weighted by Crippen LogP contribution is -2.31. The normalized spacial score (nSPS) is 17.7. The van der Waals surface area contributed by atoms with Crippen molar-refractivity contribution in [3.63, 3.8) is 0 Å². The van der Waals surface area contributed by atoms with Gasteiger partial charge in [-0.05, 0) is 39.0 Å². The Bertz CT molecular complexity index is 184. The highest BCUT2D eigenvalue weighted by molar-refractivity contribution is 5.76. The lowest BCUT2D eigenvalue weighted by Gasteiger charge is -2.23. The van der Waals surface area contributed by atoms with Crippen molar-refractivity contribution in [1.82, 2.24) is 4.90 Å². The lowest BCUT2D eigenvalue weighted by atomic mass is 9.95. The molecule has 1 aliphatic rings. The van der Waals surface area contributed by atoms with Gasteiger partial charge in [-0.15, -0.1) is 0 Å². The summed E-state index contributed by atoms with van der Waals surface area (Å²) in [4.78, 5) is 13.7. The number of amides is 1. The van der Waals surface area contributed by atoms with Gasteiger partial charge in [-0.25, -0.2) is 0 Å². The minimum absolute atomic E-state index is 0.312. The average Bonchev–Trinajstić information content (AvgIpc) is 2.29. The van der Waals surface area contributed by atoms with E-state index in [1.807, 2.05) is 18.7 Å². The molecule has 0 aromatic carbocycles. The third-order valence-electron chi connectivity index (χ3n) is 3.22. The Morgan fingerprint density at radius 1 is 1.27 bits per heavy atom. The number of nitrogens with zero attached hydrogens (tertiary/aromatic N) is 1. The maximum atomic E-state index is 11.7. The Balaban J connectivity index is 2.20. The van der Waals surface area contributed by atoms with Crippen LogP contribution in [0.15, 0.2) is 0 Å². The van der Waals surface area contributed by atoms with Crippen LogP contribution in [-0.2, 0) is 9.53 Å². The third kappa shape index (κ3) is 4.20. The highest BCUT2D eigenvalue weighted by atomic mass is 16.5. The molecule has 0 N–H and O–H groups in total. The van der Waals surface area contributed by atoms with E-state index in [2.05, 4.69) is 0 Å². The summed E-state index contributed by atoms with van der Waals surface area (Å²) in [5, 5.41) is 0. The fourth-order valence-corrected chi connectivity index (χ4v) is 2.10. The first-order valence-corrected chi connectivity index (χ1v) is 6.13. The maximum Gasteiger partial charge on any atom is 0.222 e. The van der Waals surface area contributed by atoms with Crippen molar-refractivity contribution in [3.05, 3.63) is 0 Å². The predicted octanol–water partition coefficient (Wildman–Crippen LogP) is 2.06. The van der Waals surface area contributed by atoms with E-state index in [0.717, 1.165) is 45.6 Å². The van der Waals surface area contributed by atoms with Crippen LogP contribution in [-0.4, -0.2) is 37.1 Å². The molecular weight excluding hydrogens is 190 g/mol. The van der Waals surface area contributed by atoms with E-state index >= 15 is 0 Å². The quantitative estimate of drug-likeness (QED) is 0.699. The van der Waals surface area contributed by atoms with Crippen LogP contribution in [0.25, 0.3) is 0 Å². The first-order chi connectivity index (χ1) is 7.27. The van der Waals surface area contributed by atoms with Crippen LogP contribution in [0.4, 0.5) is 0 Å². The topological polar surface area (TPSA) is 29.5 Å². The molecule has 15 heavy (non-hydrogen) atoms. The second kappa shape index (κ2) is 6.83. The molecule has 0 saturated carbocycles.